The van der Waals surface area contributed by atoms with Gasteiger partial charge < -0.3 is 9.47 Å². The highest BCUT2D eigenvalue weighted by molar-refractivity contribution is 5.43. The first-order valence-corrected chi connectivity index (χ1v) is 10.1. The van der Waals surface area contributed by atoms with Crippen LogP contribution in [0.3, 0.4) is 0 Å². The SMILES string of the molecule is CCOc1ccc(CN2CCCC(c3cc(C(F)F)n4ncnc4n3)C2)cc1OC. The van der Waals surface area contributed by atoms with E-state index in [2.05, 4.69) is 20.0 Å². The Kier molecular flexibility index (Phi) is 6.08. The molecule has 1 unspecified atom stereocenters. The van der Waals surface area contributed by atoms with E-state index >= 15 is 0 Å². The van der Waals surface area contributed by atoms with Crippen molar-refractivity contribution in [3.8, 4) is 11.5 Å². The largest absolute Gasteiger partial charge is 0.493 e. The number of likely N-dealkylation sites (tertiary alicyclic amines) is 1. The van der Waals surface area contributed by atoms with Crippen molar-refractivity contribution < 1.29 is 18.3 Å². The maximum absolute atomic E-state index is 13.5. The zero-order valence-corrected chi connectivity index (χ0v) is 17.1. The smallest absolute Gasteiger partial charge is 0.280 e. The fourth-order valence-electron chi connectivity index (χ4n) is 4.00. The minimum Gasteiger partial charge on any atom is -0.493 e. The van der Waals surface area contributed by atoms with Gasteiger partial charge >= 0.3 is 0 Å². The van der Waals surface area contributed by atoms with Gasteiger partial charge in [-0.1, -0.05) is 6.07 Å². The highest BCUT2D eigenvalue weighted by atomic mass is 19.3. The van der Waals surface area contributed by atoms with Crippen molar-refractivity contribution in [1.82, 2.24) is 24.5 Å². The number of aromatic nitrogens is 4. The molecular weight excluding hydrogens is 392 g/mol. The van der Waals surface area contributed by atoms with Crippen molar-refractivity contribution in [2.24, 2.45) is 0 Å². The second-order valence-corrected chi connectivity index (χ2v) is 7.37. The zero-order chi connectivity index (χ0) is 21.1. The van der Waals surface area contributed by atoms with Crippen LogP contribution in [0.1, 0.15) is 49.1 Å². The van der Waals surface area contributed by atoms with E-state index in [0.717, 1.165) is 48.3 Å². The molecule has 1 aliphatic rings. The highest BCUT2D eigenvalue weighted by Gasteiger charge is 2.25. The zero-order valence-electron chi connectivity index (χ0n) is 17.1. The van der Waals surface area contributed by atoms with Crippen molar-refractivity contribution in [2.75, 3.05) is 26.8 Å². The summed E-state index contributed by atoms with van der Waals surface area (Å²) in [6.45, 7) is 4.95. The molecule has 1 atom stereocenters. The minimum atomic E-state index is -2.63. The number of hydrogen-bond donors (Lipinski definition) is 0. The average molecular weight is 417 g/mol. The number of nitrogens with zero attached hydrogens (tertiary/aromatic N) is 5. The van der Waals surface area contributed by atoms with Crippen LogP contribution in [0.4, 0.5) is 8.78 Å². The van der Waals surface area contributed by atoms with Crippen molar-refractivity contribution in [3.63, 3.8) is 0 Å². The second kappa shape index (κ2) is 8.91. The third-order valence-electron chi connectivity index (χ3n) is 5.38. The Balaban J connectivity index is 1.52. The van der Waals surface area contributed by atoms with E-state index in [1.807, 2.05) is 25.1 Å². The van der Waals surface area contributed by atoms with Crippen LogP contribution >= 0.6 is 0 Å². The molecule has 160 valence electrons. The molecule has 0 radical (unpaired) electrons. The van der Waals surface area contributed by atoms with Gasteiger partial charge in [0.2, 0.25) is 0 Å². The Hall–Kier alpha value is -2.81. The maximum Gasteiger partial charge on any atom is 0.280 e. The van der Waals surface area contributed by atoms with E-state index in [4.69, 9.17) is 9.47 Å². The molecule has 0 saturated carbocycles. The fraction of sp³-hybridized carbons (Fsp3) is 0.476. The maximum atomic E-state index is 13.5. The lowest BCUT2D eigenvalue weighted by Crippen LogP contribution is -2.34. The summed E-state index contributed by atoms with van der Waals surface area (Å²) < 4.78 is 39.1. The van der Waals surface area contributed by atoms with Gasteiger partial charge in [0.05, 0.1) is 19.4 Å². The van der Waals surface area contributed by atoms with E-state index in [1.54, 1.807) is 7.11 Å². The fourth-order valence-corrected chi connectivity index (χ4v) is 4.00. The van der Waals surface area contributed by atoms with Crippen LogP contribution in [0.15, 0.2) is 30.6 Å². The normalized spacial score (nSPS) is 17.6. The number of alkyl halides is 2. The van der Waals surface area contributed by atoms with Crippen molar-refractivity contribution in [3.05, 3.63) is 47.5 Å². The van der Waals surface area contributed by atoms with E-state index in [-0.39, 0.29) is 17.4 Å². The number of ether oxygens (including phenoxy) is 2. The molecule has 9 heteroatoms. The summed E-state index contributed by atoms with van der Waals surface area (Å²) in [4.78, 5) is 10.8. The summed E-state index contributed by atoms with van der Waals surface area (Å²) in [6.07, 6.45) is 0.502. The molecule has 3 heterocycles. The quantitative estimate of drug-likeness (QED) is 0.582. The average Bonchev–Trinajstić information content (AvgIpc) is 3.23. The van der Waals surface area contributed by atoms with Crippen molar-refractivity contribution in [1.29, 1.82) is 0 Å². The standard InChI is InChI=1S/C21H25F2N5O2/c1-3-30-18-7-6-14(9-19(18)29-2)11-27-8-4-5-15(12-27)16-10-17(20(22)23)28-21(26-16)24-13-25-28/h6-7,9-10,13,15,20H,3-5,8,11-12H2,1-2H3. The van der Waals surface area contributed by atoms with Crippen LogP contribution in [-0.2, 0) is 6.54 Å². The molecule has 2 aromatic heterocycles. The predicted molar refractivity (Wildman–Crippen MR) is 107 cm³/mol. The summed E-state index contributed by atoms with van der Waals surface area (Å²) in [5.74, 6) is 1.73. The first kappa shape index (κ1) is 20.5. The number of rotatable bonds is 7. The molecule has 1 aromatic carbocycles. The van der Waals surface area contributed by atoms with Crippen LogP contribution < -0.4 is 9.47 Å². The van der Waals surface area contributed by atoms with Gasteiger partial charge in [-0.15, -0.1) is 0 Å². The number of hydrogen-bond acceptors (Lipinski definition) is 6. The molecule has 3 aromatic rings. The van der Waals surface area contributed by atoms with Gasteiger partial charge in [-0.05, 0) is 50.1 Å². The molecule has 1 saturated heterocycles. The first-order valence-electron chi connectivity index (χ1n) is 10.1. The summed E-state index contributed by atoms with van der Waals surface area (Å²) in [7, 11) is 1.63. The van der Waals surface area contributed by atoms with Gasteiger partial charge in [-0.25, -0.2) is 13.8 Å². The topological polar surface area (TPSA) is 64.8 Å². The van der Waals surface area contributed by atoms with Crippen LogP contribution in [0, 0.1) is 0 Å². The lowest BCUT2D eigenvalue weighted by atomic mass is 9.93. The Morgan fingerprint density at radius 2 is 2.10 bits per heavy atom. The summed E-state index contributed by atoms with van der Waals surface area (Å²) >= 11 is 0. The van der Waals surface area contributed by atoms with Crippen LogP contribution in [0.2, 0.25) is 0 Å². The third kappa shape index (κ3) is 4.21. The lowest BCUT2D eigenvalue weighted by Gasteiger charge is -2.32. The number of methoxy groups -OCH3 is 1. The molecular formula is C21H25F2N5O2. The third-order valence-corrected chi connectivity index (χ3v) is 5.38. The lowest BCUT2D eigenvalue weighted by molar-refractivity contribution is 0.142. The number of piperidine rings is 1. The van der Waals surface area contributed by atoms with Gasteiger partial charge in [0.25, 0.3) is 12.2 Å². The Morgan fingerprint density at radius 1 is 1.23 bits per heavy atom. The minimum absolute atomic E-state index is 0.0718. The van der Waals surface area contributed by atoms with E-state index < -0.39 is 6.43 Å². The molecule has 0 N–H and O–H groups in total. The van der Waals surface area contributed by atoms with Gasteiger partial charge in [-0.2, -0.15) is 14.6 Å². The Morgan fingerprint density at radius 3 is 2.87 bits per heavy atom. The van der Waals surface area contributed by atoms with E-state index in [9.17, 15) is 8.78 Å². The van der Waals surface area contributed by atoms with E-state index in [0.29, 0.717) is 18.1 Å². The van der Waals surface area contributed by atoms with Crippen molar-refractivity contribution >= 4 is 5.78 Å². The van der Waals surface area contributed by atoms with Crippen LogP contribution in [-0.4, -0.2) is 51.3 Å². The van der Waals surface area contributed by atoms with Gasteiger partial charge in [-0.3, -0.25) is 4.90 Å². The number of benzene rings is 1. The molecule has 1 fully saturated rings. The Labute approximate surface area is 173 Å². The molecule has 0 spiro atoms. The molecule has 0 bridgehead atoms. The molecule has 0 aliphatic carbocycles. The van der Waals surface area contributed by atoms with Gasteiger partial charge in [0.1, 0.15) is 12.0 Å². The molecule has 7 nitrogen and oxygen atoms in total. The molecule has 30 heavy (non-hydrogen) atoms. The summed E-state index contributed by atoms with van der Waals surface area (Å²) in [5, 5.41) is 3.86. The second-order valence-electron chi connectivity index (χ2n) is 7.37. The molecule has 4 rings (SSSR count). The first-order chi connectivity index (χ1) is 14.6. The Bertz CT molecular complexity index is 1010. The number of fused-ring (bicyclic) bond motifs is 1. The highest BCUT2D eigenvalue weighted by Crippen LogP contribution is 2.32. The summed E-state index contributed by atoms with van der Waals surface area (Å²) in [6, 6.07) is 7.42. The monoisotopic (exact) mass is 417 g/mol. The number of halogens is 2. The van der Waals surface area contributed by atoms with Gasteiger partial charge in [0, 0.05) is 19.0 Å². The van der Waals surface area contributed by atoms with E-state index in [1.165, 1.54) is 12.4 Å². The predicted octanol–water partition coefficient (Wildman–Crippen LogP) is 3.85. The summed E-state index contributed by atoms with van der Waals surface area (Å²) in [5.41, 5.74) is 1.60. The molecule has 1 aliphatic heterocycles. The van der Waals surface area contributed by atoms with Crippen molar-refractivity contribution in [2.45, 2.75) is 38.7 Å². The molecule has 0 amide bonds. The van der Waals surface area contributed by atoms with Gasteiger partial charge in [0.15, 0.2) is 11.5 Å². The van der Waals surface area contributed by atoms with Crippen LogP contribution in [0.25, 0.3) is 5.78 Å². The van der Waals surface area contributed by atoms with Crippen LogP contribution in [0.5, 0.6) is 11.5 Å².